The summed E-state index contributed by atoms with van der Waals surface area (Å²) < 4.78 is 1.88. The zero-order valence-corrected chi connectivity index (χ0v) is 19.5. The molecule has 0 radical (unpaired) electrons. The third kappa shape index (κ3) is 5.42. The Morgan fingerprint density at radius 3 is 2.23 bits per heavy atom. The first kappa shape index (κ1) is 22.8. The molecule has 0 spiro atoms. The molecular weight excluding hydrogens is 384 g/mol. The Morgan fingerprint density at radius 1 is 1.00 bits per heavy atom. The van der Waals surface area contributed by atoms with E-state index in [1.807, 2.05) is 30.7 Å². The Kier molecular flexibility index (Phi) is 7.29. The van der Waals surface area contributed by atoms with Gasteiger partial charge in [0, 0.05) is 6.04 Å². The van der Waals surface area contributed by atoms with Crippen molar-refractivity contribution in [2.75, 3.05) is 11.9 Å². The number of aryl methyl sites for hydroxylation is 3. The number of hydrogen-bond acceptors (Lipinski definition) is 3. The van der Waals surface area contributed by atoms with E-state index in [1.54, 1.807) is 0 Å². The monoisotopic (exact) mass is 418 g/mol. The van der Waals surface area contributed by atoms with Gasteiger partial charge in [-0.2, -0.15) is 5.10 Å². The van der Waals surface area contributed by atoms with Gasteiger partial charge in [0.25, 0.3) is 0 Å². The molecule has 3 rings (SSSR count). The van der Waals surface area contributed by atoms with Crippen LogP contribution in [0.4, 0.5) is 5.69 Å². The Hall–Kier alpha value is -2.92. The molecule has 3 aromatic rings. The third-order valence-electron chi connectivity index (χ3n) is 5.73. The predicted octanol–water partition coefficient (Wildman–Crippen LogP) is 5.29. The zero-order valence-electron chi connectivity index (χ0n) is 19.5. The van der Waals surface area contributed by atoms with Crippen molar-refractivity contribution in [3.05, 3.63) is 76.6 Å². The first-order valence-corrected chi connectivity index (χ1v) is 11.1. The highest BCUT2D eigenvalue weighted by atomic mass is 16.1. The molecule has 0 bridgehead atoms. The first-order chi connectivity index (χ1) is 14.8. The van der Waals surface area contributed by atoms with E-state index < -0.39 is 0 Å². The molecule has 1 heterocycles. The van der Waals surface area contributed by atoms with Crippen molar-refractivity contribution in [2.45, 2.75) is 54.0 Å². The molecule has 164 valence electrons. The molecule has 1 unspecified atom stereocenters. The van der Waals surface area contributed by atoms with Gasteiger partial charge in [-0.15, -0.1) is 0 Å². The average Bonchev–Trinajstić information content (AvgIpc) is 3.03. The van der Waals surface area contributed by atoms with Gasteiger partial charge in [-0.3, -0.25) is 4.79 Å². The number of aromatic nitrogens is 2. The summed E-state index contributed by atoms with van der Waals surface area (Å²) in [6, 6.07) is 17.0. The van der Waals surface area contributed by atoms with E-state index in [-0.39, 0.29) is 18.5 Å². The van der Waals surface area contributed by atoms with Gasteiger partial charge < -0.3 is 10.6 Å². The van der Waals surface area contributed by atoms with Crippen LogP contribution in [0.15, 0.2) is 48.5 Å². The van der Waals surface area contributed by atoms with Gasteiger partial charge in [0.2, 0.25) is 5.91 Å². The molecule has 5 heteroatoms. The second-order valence-corrected chi connectivity index (χ2v) is 8.54. The van der Waals surface area contributed by atoms with Crippen molar-refractivity contribution in [1.29, 1.82) is 0 Å². The van der Waals surface area contributed by atoms with Crippen LogP contribution < -0.4 is 10.6 Å². The Labute approximate surface area is 185 Å². The molecule has 2 aromatic carbocycles. The highest BCUT2D eigenvalue weighted by molar-refractivity contribution is 5.93. The van der Waals surface area contributed by atoms with Crippen LogP contribution in [0, 0.1) is 26.7 Å². The summed E-state index contributed by atoms with van der Waals surface area (Å²) in [7, 11) is 0. The minimum absolute atomic E-state index is 0.0644. The fraction of sp³-hybridized carbons (Fsp3) is 0.385. The van der Waals surface area contributed by atoms with Gasteiger partial charge in [0.1, 0.15) is 0 Å². The predicted molar refractivity (Wildman–Crippen MR) is 128 cm³/mol. The summed E-state index contributed by atoms with van der Waals surface area (Å²) in [4.78, 5) is 12.8. The van der Waals surface area contributed by atoms with Gasteiger partial charge in [-0.25, -0.2) is 4.68 Å². The van der Waals surface area contributed by atoms with E-state index in [1.165, 1.54) is 16.7 Å². The van der Waals surface area contributed by atoms with Gasteiger partial charge in [-0.05, 0) is 56.4 Å². The maximum Gasteiger partial charge on any atom is 0.238 e. The highest BCUT2D eigenvalue weighted by Crippen LogP contribution is 2.24. The SMILES string of the molecule is CCc1ccc(C(NCC(=O)Nc2c(C)nn(-c3ccc(C)cc3)c2C)C(C)C)cc1. The van der Waals surface area contributed by atoms with E-state index in [2.05, 4.69) is 79.8 Å². The van der Waals surface area contributed by atoms with E-state index in [9.17, 15) is 4.79 Å². The van der Waals surface area contributed by atoms with Crippen LogP contribution >= 0.6 is 0 Å². The summed E-state index contributed by atoms with van der Waals surface area (Å²) in [5.41, 5.74) is 7.22. The van der Waals surface area contributed by atoms with Crippen molar-refractivity contribution >= 4 is 11.6 Å². The van der Waals surface area contributed by atoms with Crippen LogP contribution in [0.5, 0.6) is 0 Å². The lowest BCUT2D eigenvalue weighted by atomic mass is 9.95. The number of benzene rings is 2. The van der Waals surface area contributed by atoms with E-state index in [0.717, 1.165) is 29.2 Å². The highest BCUT2D eigenvalue weighted by Gasteiger charge is 2.19. The van der Waals surface area contributed by atoms with Crippen LogP contribution in [0.2, 0.25) is 0 Å². The van der Waals surface area contributed by atoms with Crippen molar-refractivity contribution in [2.24, 2.45) is 5.92 Å². The number of anilines is 1. The van der Waals surface area contributed by atoms with Crippen LogP contribution in [0.3, 0.4) is 0 Å². The average molecular weight is 419 g/mol. The van der Waals surface area contributed by atoms with Gasteiger partial charge >= 0.3 is 0 Å². The fourth-order valence-corrected chi connectivity index (χ4v) is 3.85. The Bertz CT molecular complexity index is 1020. The second-order valence-electron chi connectivity index (χ2n) is 8.54. The maximum absolute atomic E-state index is 12.8. The number of rotatable bonds is 8. The molecule has 0 fully saturated rings. The molecule has 1 atom stereocenters. The molecule has 2 N–H and O–H groups in total. The van der Waals surface area contributed by atoms with Crippen LogP contribution in [-0.2, 0) is 11.2 Å². The summed E-state index contributed by atoms with van der Waals surface area (Å²) in [6.45, 7) is 12.7. The van der Waals surface area contributed by atoms with Crippen molar-refractivity contribution < 1.29 is 4.79 Å². The molecule has 0 saturated heterocycles. The smallest absolute Gasteiger partial charge is 0.238 e. The van der Waals surface area contributed by atoms with Crippen molar-refractivity contribution in [3.63, 3.8) is 0 Å². The van der Waals surface area contributed by atoms with Crippen LogP contribution in [0.25, 0.3) is 5.69 Å². The second kappa shape index (κ2) is 9.92. The van der Waals surface area contributed by atoms with E-state index in [4.69, 9.17) is 0 Å². The molecule has 0 saturated carbocycles. The lowest BCUT2D eigenvalue weighted by molar-refractivity contribution is -0.115. The minimum atomic E-state index is -0.0644. The van der Waals surface area contributed by atoms with Crippen LogP contribution in [0.1, 0.15) is 54.9 Å². The minimum Gasteiger partial charge on any atom is -0.322 e. The standard InChI is InChI=1S/C26H34N4O/c1-7-21-10-12-22(13-11-21)25(17(2)3)27-16-24(31)28-26-19(5)29-30(20(26)6)23-14-8-18(4)9-15-23/h8-15,17,25,27H,7,16H2,1-6H3,(H,28,31). The van der Waals surface area contributed by atoms with E-state index >= 15 is 0 Å². The molecule has 1 aromatic heterocycles. The molecule has 0 aliphatic rings. The number of nitrogens with zero attached hydrogens (tertiary/aromatic N) is 2. The summed E-state index contributed by atoms with van der Waals surface area (Å²) in [5, 5.41) is 11.1. The molecule has 5 nitrogen and oxygen atoms in total. The van der Waals surface area contributed by atoms with E-state index in [0.29, 0.717) is 5.92 Å². The molecule has 0 aliphatic heterocycles. The van der Waals surface area contributed by atoms with Crippen LogP contribution in [-0.4, -0.2) is 22.2 Å². The fourth-order valence-electron chi connectivity index (χ4n) is 3.85. The Morgan fingerprint density at radius 2 is 1.65 bits per heavy atom. The maximum atomic E-state index is 12.8. The lowest BCUT2D eigenvalue weighted by Crippen LogP contribution is -2.33. The normalized spacial score (nSPS) is 12.2. The number of carbonyl (C=O) groups is 1. The molecule has 0 aliphatic carbocycles. The molecule has 1 amide bonds. The number of nitrogens with one attached hydrogen (secondary N) is 2. The van der Waals surface area contributed by atoms with Gasteiger partial charge in [0.15, 0.2) is 0 Å². The summed E-state index contributed by atoms with van der Waals surface area (Å²) >= 11 is 0. The quantitative estimate of drug-likeness (QED) is 0.523. The largest absolute Gasteiger partial charge is 0.322 e. The molecule has 31 heavy (non-hydrogen) atoms. The molecular formula is C26H34N4O. The Balaban J connectivity index is 1.69. The number of hydrogen-bond donors (Lipinski definition) is 2. The zero-order chi connectivity index (χ0) is 22.5. The topological polar surface area (TPSA) is 59.0 Å². The first-order valence-electron chi connectivity index (χ1n) is 11.1. The third-order valence-corrected chi connectivity index (χ3v) is 5.73. The van der Waals surface area contributed by atoms with Crippen molar-refractivity contribution in [3.8, 4) is 5.69 Å². The summed E-state index contributed by atoms with van der Waals surface area (Å²) in [5.74, 6) is 0.304. The van der Waals surface area contributed by atoms with Gasteiger partial charge in [-0.1, -0.05) is 62.7 Å². The summed E-state index contributed by atoms with van der Waals surface area (Å²) in [6.07, 6.45) is 1.03. The van der Waals surface area contributed by atoms with Gasteiger partial charge in [0.05, 0.1) is 29.3 Å². The lowest BCUT2D eigenvalue weighted by Gasteiger charge is -2.23. The number of carbonyl (C=O) groups excluding carboxylic acids is 1. The van der Waals surface area contributed by atoms with Crippen molar-refractivity contribution in [1.82, 2.24) is 15.1 Å². The number of amides is 1.